The molecular formula is C15H13ClF3N3O5. The third kappa shape index (κ3) is 4.48. The monoisotopic (exact) mass is 407 g/mol. The molecule has 0 aromatic carbocycles. The Bertz CT molecular complexity index is 926. The summed E-state index contributed by atoms with van der Waals surface area (Å²) in [5.74, 6) is -3.76. The molecule has 146 valence electrons. The van der Waals surface area contributed by atoms with E-state index in [1.54, 1.807) is 0 Å². The van der Waals surface area contributed by atoms with Crippen molar-refractivity contribution in [1.82, 2.24) is 14.7 Å². The molecule has 0 fully saturated rings. The molecule has 0 aliphatic heterocycles. The third-order valence-electron chi connectivity index (χ3n) is 3.64. The standard InChI is InChI=1S/C15H13ClF3N3O5/c1-6-11(13(25)21-9(14(26)27)2-3-10(23)24)22-5-7(15(17,18)19)4-8(16)12(22)20-6/h4-5,9H,2-3H2,1H3,(H,21,25)(H,23,24)(H,26,27). The minimum absolute atomic E-state index is 0.0242. The number of imidazole rings is 1. The van der Waals surface area contributed by atoms with Crippen LogP contribution in [0.15, 0.2) is 12.3 Å². The molecule has 0 aliphatic rings. The van der Waals surface area contributed by atoms with Gasteiger partial charge in [0.2, 0.25) is 0 Å². The molecule has 27 heavy (non-hydrogen) atoms. The van der Waals surface area contributed by atoms with E-state index in [0.717, 1.165) is 4.40 Å². The molecule has 2 aromatic heterocycles. The molecule has 1 unspecified atom stereocenters. The van der Waals surface area contributed by atoms with Crippen molar-refractivity contribution < 1.29 is 37.8 Å². The van der Waals surface area contributed by atoms with Crippen LogP contribution in [0.3, 0.4) is 0 Å². The maximum atomic E-state index is 13.0. The number of amides is 1. The number of aliphatic carboxylic acids is 2. The second-order valence-electron chi connectivity index (χ2n) is 5.61. The molecule has 2 rings (SSSR count). The van der Waals surface area contributed by atoms with Crippen LogP contribution in [0.4, 0.5) is 13.2 Å². The van der Waals surface area contributed by atoms with Crippen LogP contribution in [-0.4, -0.2) is 43.5 Å². The van der Waals surface area contributed by atoms with Crippen molar-refractivity contribution in [3.05, 3.63) is 34.2 Å². The van der Waals surface area contributed by atoms with Crippen LogP contribution in [0, 0.1) is 6.92 Å². The Kier molecular flexibility index (Phi) is 5.64. The van der Waals surface area contributed by atoms with Crippen LogP contribution in [0.5, 0.6) is 0 Å². The predicted octanol–water partition coefficient (Wildman–Crippen LogP) is 2.36. The van der Waals surface area contributed by atoms with E-state index in [-0.39, 0.29) is 22.1 Å². The summed E-state index contributed by atoms with van der Waals surface area (Å²) < 4.78 is 39.8. The quantitative estimate of drug-likeness (QED) is 0.676. The van der Waals surface area contributed by atoms with Gasteiger partial charge in [0.25, 0.3) is 5.91 Å². The number of fused-ring (bicyclic) bond motifs is 1. The van der Waals surface area contributed by atoms with Crippen LogP contribution >= 0.6 is 11.6 Å². The number of carboxylic acid groups (broad SMARTS) is 2. The summed E-state index contributed by atoms with van der Waals surface area (Å²) in [5, 5.41) is 19.5. The van der Waals surface area contributed by atoms with Crippen molar-refractivity contribution in [3.8, 4) is 0 Å². The van der Waals surface area contributed by atoms with E-state index >= 15 is 0 Å². The van der Waals surface area contributed by atoms with Gasteiger partial charge >= 0.3 is 18.1 Å². The van der Waals surface area contributed by atoms with Gasteiger partial charge < -0.3 is 15.5 Å². The zero-order valence-corrected chi connectivity index (χ0v) is 14.4. The van der Waals surface area contributed by atoms with Gasteiger partial charge in [0, 0.05) is 12.6 Å². The van der Waals surface area contributed by atoms with Crippen LogP contribution in [-0.2, 0) is 15.8 Å². The van der Waals surface area contributed by atoms with Gasteiger partial charge in [0.05, 0.1) is 16.3 Å². The minimum atomic E-state index is -4.73. The van der Waals surface area contributed by atoms with Crippen molar-refractivity contribution in [2.24, 2.45) is 0 Å². The number of carboxylic acids is 2. The fourth-order valence-electron chi connectivity index (χ4n) is 2.40. The summed E-state index contributed by atoms with van der Waals surface area (Å²) in [6.45, 7) is 1.35. The van der Waals surface area contributed by atoms with E-state index in [0.29, 0.717) is 12.3 Å². The van der Waals surface area contributed by atoms with Gasteiger partial charge in [-0.15, -0.1) is 0 Å². The lowest BCUT2D eigenvalue weighted by molar-refractivity contribution is -0.141. The number of rotatable bonds is 6. The lowest BCUT2D eigenvalue weighted by atomic mass is 10.1. The maximum Gasteiger partial charge on any atom is 0.417 e. The summed E-state index contributed by atoms with van der Waals surface area (Å²) in [5.41, 5.74) is -1.53. The van der Waals surface area contributed by atoms with E-state index < -0.39 is 48.5 Å². The number of pyridine rings is 1. The second kappa shape index (κ2) is 7.43. The van der Waals surface area contributed by atoms with Crippen molar-refractivity contribution in [3.63, 3.8) is 0 Å². The zero-order chi connectivity index (χ0) is 20.5. The average molecular weight is 408 g/mol. The summed E-state index contributed by atoms with van der Waals surface area (Å²) in [4.78, 5) is 38.2. The largest absolute Gasteiger partial charge is 0.481 e. The lowest BCUT2D eigenvalue weighted by Gasteiger charge is -2.14. The Balaban J connectivity index is 2.45. The number of hydrogen-bond acceptors (Lipinski definition) is 4. The first kappa shape index (κ1) is 20.5. The fraction of sp³-hybridized carbons (Fsp3) is 0.333. The Morgan fingerprint density at radius 3 is 2.48 bits per heavy atom. The minimum Gasteiger partial charge on any atom is -0.481 e. The Morgan fingerprint density at radius 1 is 1.33 bits per heavy atom. The summed E-state index contributed by atoms with van der Waals surface area (Å²) in [7, 11) is 0. The number of nitrogens with one attached hydrogen (secondary N) is 1. The van der Waals surface area contributed by atoms with Crippen molar-refractivity contribution in [1.29, 1.82) is 0 Å². The molecule has 0 aliphatic carbocycles. The molecule has 1 atom stereocenters. The number of hydrogen-bond donors (Lipinski definition) is 3. The number of carbonyl (C=O) groups is 3. The molecule has 12 heteroatoms. The van der Waals surface area contributed by atoms with Gasteiger partial charge in [0.15, 0.2) is 5.65 Å². The van der Waals surface area contributed by atoms with Crippen LogP contribution in [0.25, 0.3) is 5.65 Å². The molecule has 2 aromatic rings. The summed E-state index contributed by atoms with van der Waals surface area (Å²) in [6, 6.07) is -0.877. The highest BCUT2D eigenvalue weighted by Gasteiger charge is 2.33. The highest BCUT2D eigenvalue weighted by molar-refractivity contribution is 6.33. The van der Waals surface area contributed by atoms with E-state index in [1.807, 2.05) is 0 Å². The van der Waals surface area contributed by atoms with Gasteiger partial charge in [-0.2, -0.15) is 13.2 Å². The molecule has 3 N–H and O–H groups in total. The summed E-state index contributed by atoms with van der Waals surface area (Å²) in [6.07, 6.45) is -5.02. The van der Waals surface area contributed by atoms with E-state index in [9.17, 15) is 27.6 Å². The van der Waals surface area contributed by atoms with E-state index in [4.69, 9.17) is 21.8 Å². The molecule has 1 amide bonds. The molecular weight excluding hydrogens is 395 g/mol. The zero-order valence-electron chi connectivity index (χ0n) is 13.7. The summed E-state index contributed by atoms with van der Waals surface area (Å²) >= 11 is 5.82. The Morgan fingerprint density at radius 2 is 1.96 bits per heavy atom. The first-order valence-corrected chi connectivity index (χ1v) is 7.80. The van der Waals surface area contributed by atoms with Crippen molar-refractivity contribution in [2.45, 2.75) is 32.0 Å². The number of carbonyl (C=O) groups excluding carboxylic acids is 1. The molecule has 0 bridgehead atoms. The smallest absolute Gasteiger partial charge is 0.417 e. The van der Waals surface area contributed by atoms with Crippen LogP contribution in [0.2, 0.25) is 5.02 Å². The first-order valence-electron chi connectivity index (χ1n) is 7.42. The Hall–Kier alpha value is -2.82. The van der Waals surface area contributed by atoms with Gasteiger partial charge in [-0.1, -0.05) is 11.6 Å². The molecule has 0 spiro atoms. The number of nitrogens with zero attached hydrogens (tertiary/aromatic N) is 2. The lowest BCUT2D eigenvalue weighted by Crippen LogP contribution is -2.41. The first-order chi connectivity index (χ1) is 12.4. The van der Waals surface area contributed by atoms with Crippen molar-refractivity contribution >= 4 is 35.1 Å². The number of aromatic nitrogens is 2. The maximum absolute atomic E-state index is 13.0. The topological polar surface area (TPSA) is 121 Å². The van der Waals surface area contributed by atoms with Crippen molar-refractivity contribution in [2.75, 3.05) is 0 Å². The normalized spacial score (nSPS) is 12.8. The molecule has 8 nitrogen and oxygen atoms in total. The number of halogens is 4. The molecule has 0 saturated carbocycles. The second-order valence-corrected chi connectivity index (χ2v) is 6.02. The van der Waals surface area contributed by atoms with Gasteiger partial charge in [-0.05, 0) is 19.4 Å². The number of alkyl halides is 3. The average Bonchev–Trinajstić information content (AvgIpc) is 2.86. The van der Waals surface area contributed by atoms with Gasteiger partial charge in [-0.3, -0.25) is 14.0 Å². The van der Waals surface area contributed by atoms with Gasteiger partial charge in [-0.25, -0.2) is 9.78 Å². The van der Waals surface area contributed by atoms with Gasteiger partial charge in [0.1, 0.15) is 11.7 Å². The van der Waals surface area contributed by atoms with E-state index in [2.05, 4.69) is 10.3 Å². The third-order valence-corrected chi connectivity index (χ3v) is 3.92. The van der Waals surface area contributed by atoms with Crippen LogP contribution in [0.1, 0.15) is 34.6 Å². The SMILES string of the molecule is Cc1nc2c(Cl)cc(C(F)(F)F)cn2c1C(=O)NC(CCC(=O)O)C(=O)O. The van der Waals surface area contributed by atoms with E-state index in [1.165, 1.54) is 6.92 Å². The molecule has 2 heterocycles. The molecule has 0 radical (unpaired) electrons. The number of aryl methyl sites for hydroxylation is 1. The Labute approximate surface area is 154 Å². The fourth-order valence-corrected chi connectivity index (χ4v) is 2.65. The molecule has 0 saturated heterocycles. The highest BCUT2D eigenvalue weighted by atomic mass is 35.5. The predicted molar refractivity (Wildman–Crippen MR) is 85.7 cm³/mol. The highest BCUT2D eigenvalue weighted by Crippen LogP contribution is 2.33. The van der Waals surface area contributed by atoms with Crippen LogP contribution < -0.4 is 5.32 Å².